The Kier molecular flexibility index (Phi) is 3.70. The van der Waals surface area contributed by atoms with E-state index in [4.69, 9.17) is 5.73 Å². The highest BCUT2D eigenvalue weighted by molar-refractivity contribution is 5.82. The summed E-state index contributed by atoms with van der Waals surface area (Å²) in [5, 5.41) is 0. The van der Waals surface area contributed by atoms with Gasteiger partial charge in [-0.15, -0.1) is 0 Å². The lowest BCUT2D eigenvalue weighted by Gasteiger charge is -2.33. The second-order valence-electron chi connectivity index (χ2n) is 6.97. The number of fused-ring (bicyclic) bond motifs is 2. The van der Waals surface area contributed by atoms with Gasteiger partial charge in [-0.25, -0.2) is 0 Å². The van der Waals surface area contributed by atoms with Crippen LogP contribution >= 0.6 is 0 Å². The maximum absolute atomic E-state index is 12.5. The zero-order valence-corrected chi connectivity index (χ0v) is 12.1. The standard InChI is InChI=1S/C14H27N3O/c1-14(2,3)12(15)13(18)17-8-7-10-5-6-11(9-17)16(10)4/h10-12H,5-9,15H2,1-4H3/t10?,11?,12-/m1/s1. The van der Waals surface area contributed by atoms with E-state index < -0.39 is 0 Å². The lowest BCUT2D eigenvalue weighted by molar-refractivity contribution is -0.135. The minimum absolute atomic E-state index is 0.128. The molecule has 2 fully saturated rings. The Morgan fingerprint density at radius 2 is 1.83 bits per heavy atom. The predicted molar refractivity (Wildman–Crippen MR) is 73.2 cm³/mol. The van der Waals surface area contributed by atoms with Gasteiger partial charge in [0.15, 0.2) is 0 Å². The molecule has 2 bridgehead atoms. The fraction of sp³-hybridized carbons (Fsp3) is 0.929. The van der Waals surface area contributed by atoms with Gasteiger partial charge in [-0.2, -0.15) is 0 Å². The van der Waals surface area contributed by atoms with Gasteiger partial charge in [-0.1, -0.05) is 20.8 Å². The van der Waals surface area contributed by atoms with Crippen LogP contribution in [0.4, 0.5) is 0 Å². The smallest absolute Gasteiger partial charge is 0.240 e. The summed E-state index contributed by atoms with van der Waals surface area (Å²) in [4.78, 5) is 16.9. The van der Waals surface area contributed by atoms with E-state index in [-0.39, 0.29) is 17.4 Å². The first-order valence-electron chi connectivity index (χ1n) is 7.07. The molecule has 4 heteroatoms. The van der Waals surface area contributed by atoms with Gasteiger partial charge in [0.05, 0.1) is 6.04 Å². The topological polar surface area (TPSA) is 49.6 Å². The summed E-state index contributed by atoms with van der Waals surface area (Å²) in [6.07, 6.45) is 3.60. The molecule has 0 radical (unpaired) electrons. The van der Waals surface area contributed by atoms with Crippen LogP contribution < -0.4 is 5.73 Å². The lowest BCUT2D eigenvalue weighted by atomic mass is 9.86. The van der Waals surface area contributed by atoms with Gasteiger partial charge >= 0.3 is 0 Å². The molecule has 2 N–H and O–H groups in total. The van der Waals surface area contributed by atoms with Gasteiger partial charge in [0.25, 0.3) is 0 Å². The van der Waals surface area contributed by atoms with Crippen LogP contribution in [0, 0.1) is 5.41 Å². The summed E-state index contributed by atoms with van der Waals surface area (Å²) in [5.74, 6) is 0.128. The number of likely N-dealkylation sites (N-methyl/N-ethyl adjacent to an activating group) is 1. The third kappa shape index (κ3) is 2.54. The van der Waals surface area contributed by atoms with Crippen molar-refractivity contribution >= 4 is 5.91 Å². The van der Waals surface area contributed by atoms with Crippen molar-refractivity contribution in [1.82, 2.24) is 9.80 Å². The minimum atomic E-state index is -0.389. The van der Waals surface area contributed by atoms with Crippen molar-refractivity contribution in [1.29, 1.82) is 0 Å². The predicted octanol–water partition coefficient (Wildman–Crippen LogP) is 1.05. The van der Waals surface area contributed by atoms with Gasteiger partial charge in [0.2, 0.25) is 5.91 Å². The van der Waals surface area contributed by atoms with Crippen LogP contribution in [0.5, 0.6) is 0 Å². The molecule has 0 spiro atoms. The fourth-order valence-electron chi connectivity index (χ4n) is 3.08. The first kappa shape index (κ1) is 13.8. The van der Waals surface area contributed by atoms with E-state index in [9.17, 15) is 4.79 Å². The maximum atomic E-state index is 12.5. The molecular formula is C14H27N3O. The zero-order valence-electron chi connectivity index (χ0n) is 12.1. The summed E-state index contributed by atoms with van der Waals surface area (Å²) in [6.45, 7) is 7.83. The Balaban J connectivity index is 2.04. The van der Waals surface area contributed by atoms with E-state index in [0.717, 1.165) is 19.5 Å². The molecule has 0 aromatic heterocycles. The normalized spacial score (nSPS) is 31.3. The highest BCUT2D eigenvalue weighted by atomic mass is 16.2. The molecule has 2 aliphatic rings. The number of carbonyl (C=O) groups excluding carboxylic acids is 1. The molecule has 0 aliphatic carbocycles. The number of hydrogen-bond donors (Lipinski definition) is 1. The van der Waals surface area contributed by atoms with Crippen molar-refractivity contribution in [3.8, 4) is 0 Å². The van der Waals surface area contributed by atoms with Crippen LogP contribution in [0.2, 0.25) is 0 Å². The van der Waals surface area contributed by atoms with Crippen LogP contribution in [-0.4, -0.2) is 54.0 Å². The van der Waals surface area contributed by atoms with Gasteiger partial charge in [0, 0.05) is 25.2 Å². The van der Waals surface area contributed by atoms with E-state index >= 15 is 0 Å². The summed E-state index contributed by atoms with van der Waals surface area (Å²) >= 11 is 0. The van der Waals surface area contributed by atoms with Crippen LogP contribution in [-0.2, 0) is 4.79 Å². The van der Waals surface area contributed by atoms with Gasteiger partial charge in [-0.05, 0) is 31.7 Å². The monoisotopic (exact) mass is 253 g/mol. The van der Waals surface area contributed by atoms with E-state index in [1.165, 1.54) is 12.8 Å². The fourth-order valence-corrected chi connectivity index (χ4v) is 3.08. The lowest BCUT2D eigenvalue weighted by Crippen LogP contribution is -2.52. The Bertz CT molecular complexity index is 323. The zero-order chi connectivity index (χ0) is 13.5. The highest BCUT2D eigenvalue weighted by Gasteiger charge is 2.38. The largest absolute Gasteiger partial charge is 0.340 e. The number of hydrogen-bond acceptors (Lipinski definition) is 3. The third-order valence-corrected chi connectivity index (χ3v) is 4.66. The first-order chi connectivity index (χ1) is 8.30. The van der Waals surface area contributed by atoms with Crippen LogP contribution in [0.3, 0.4) is 0 Å². The minimum Gasteiger partial charge on any atom is -0.340 e. The molecule has 0 saturated carbocycles. The second-order valence-corrected chi connectivity index (χ2v) is 6.97. The Labute approximate surface area is 110 Å². The van der Waals surface area contributed by atoms with E-state index in [0.29, 0.717) is 12.1 Å². The molecule has 18 heavy (non-hydrogen) atoms. The molecule has 104 valence electrons. The Morgan fingerprint density at radius 1 is 1.22 bits per heavy atom. The van der Waals surface area contributed by atoms with Gasteiger partial charge < -0.3 is 10.6 Å². The molecule has 0 aromatic carbocycles. The van der Waals surface area contributed by atoms with E-state index in [1.54, 1.807) is 0 Å². The number of likely N-dealkylation sites (tertiary alicyclic amines) is 1. The SMILES string of the molecule is CN1C2CCC1CN(C(=O)[C@@H](N)C(C)(C)C)CC2. The molecule has 0 aromatic rings. The molecule has 4 nitrogen and oxygen atoms in total. The van der Waals surface area contributed by atoms with Gasteiger partial charge in [-0.3, -0.25) is 9.69 Å². The number of rotatable bonds is 1. The van der Waals surface area contributed by atoms with Crippen molar-refractivity contribution in [3.63, 3.8) is 0 Å². The second kappa shape index (κ2) is 4.82. The summed E-state index contributed by atoms with van der Waals surface area (Å²) < 4.78 is 0. The van der Waals surface area contributed by atoms with Crippen LogP contribution in [0.15, 0.2) is 0 Å². The molecule has 3 atom stereocenters. The van der Waals surface area contributed by atoms with Gasteiger partial charge in [0.1, 0.15) is 0 Å². The summed E-state index contributed by atoms with van der Waals surface area (Å²) in [6, 6.07) is 0.812. The average Bonchev–Trinajstić information content (AvgIpc) is 2.50. The van der Waals surface area contributed by atoms with Crippen molar-refractivity contribution < 1.29 is 4.79 Å². The quantitative estimate of drug-likeness (QED) is 0.760. The van der Waals surface area contributed by atoms with E-state index in [2.05, 4.69) is 11.9 Å². The van der Waals surface area contributed by atoms with E-state index in [1.807, 2.05) is 25.7 Å². The summed E-state index contributed by atoms with van der Waals surface area (Å²) in [7, 11) is 2.19. The number of amides is 1. The molecule has 2 rings (SSSR count). The van der Waals surface area contributed by atoms with Crippen molar-refractivity contribution in [2.45, 2.75) is 58.2 Å². The van der Waals surface area contributed by atoms with Crippen LogP contribution in [0.25, 0.3) is 0 Å². The Hall–Kier alpha value is -0.610. The highest BCUT2D eigenvalue weighted by Crippen LogP contribution is 2.29. The third-order valence-electron chi connectivity index (χ3n) is 4.66. The molecule has 1 amide bonds. The first-order valence-corrected chi connectivity index (χ1v) is 7.07. The maximum Gasteiger partial charge on any atom is 0.240 e. The molecule has 2 aliphatic heterocycles. The summed E-state index contributed by atoms with van der Waals surface area (Å²) in [5.41, 5.74) is 5.95. The van der Waals surface area contributed by atoms with Crippen molar-refractivity contribution in [3.05, 3.63) is 0 Å². The Morgan fingerprint density at radius 3 is 2.44 bits per heavy atom. The molecule has 2 heterocycles. The van der Waals surface area contributed by atoms with Crippen molar-refractivity contribution in [2.24, 2.45) is 11.1 Å². The molecule has 2 unspecified atom stereocenters. The number of nitrogens with zero attached hydrogens (tertiary/aromatic N) is 2. The molecule has 2 saturated heterocycles. The number of carbonyl (C=O) groups is 1. The average molecular weight is 253 g/mol. The number of nitrogens with two attached hydrogens (primary N) is 1. The van der Waals surface area contributed by atoms with Crippen LogP contribution in [0.1, 0.15) is 40.0 Å². The molecular weight excluding hydrogens is 226 g/mol. The van der Waals surface area contributed by atoms with Crippen molar-refractivity contribution in [2.75, 3.05) is 20.1 Å².